The molecule has 0 saturated heterocycles. The van der Waals surface area contributed by atoms with E-state index in [9.17, 15) is 0 Å². The molecule has 0 radical (unpaired) electrons. The normalized spacial score (nSPS) is 14.4. The Hall–Kier alpha value is -1.34. The number of hydrogen-bond acceptors (Lipinski definition) is 4. The average molecular weight is 409 g/mol. The summed E-state index contributed by atoms with van der Waals surface area (Å²) in [6.07, 6.45) is 2.01. The lowest BCUT2D eigenvalue weighted by atomic mass is 10.3. The number of halogens is 1. The Bertz CT molecular complexity index is 685. The molecule has 0 spiro atoms. The number of hydrazone groups is 1. The summed E-state index contributed by atoms with van der Waals surface area (Å²) in [5, 5.41) is 6.49. The number of benzene rings is 2. The first-order valence-corrected chi connectivity index (χ1v) is 9.45. The quantitative estimate of drug-likeness (QED) is 0.325. The van der Waals surface area contributed by atoms with Gasteiger partial charge in [-0.25, -0.2) is 0 Å². The van der Waals surface area contributed by atoms with Crippen LogP contribution in [0, 0.1) is 0 Å². The summed E-state index contributed by atoms with van der Waals surface area (Å²) in [6, 6.07) is 18.8. The largest absolute Gasteiger partial charge is 0.321 e. The van der Waals surface area contributed by atoms with E-state index >= 15 is 0 Å². The number of thioether (sulfide) groups is 1. The molecule has 0 N–H and O–H groups in total. The minimum atomic E-state index is -0.168. The Balaban J connectivity index is 1.76. The lowest BCUT2D eigenvalue weighted by Gasteiger charge is -2.22. The van der Waals surface area contributed by atoms with Crippen LogP contribution < -0.4 is 8.12 Å². The van der Waals surface area contributed by atoms with E-state index in [1.807, 2.05) is 48.2 Å². The Labute approximate surface area is 139 Å². The molecule has 0 saturated carbocycles. The summed E-state index contributed by atoms with van der Waals surface area (Å²) in [6.45, 7) is 0. The van der Waals surface area contributed by atoms with Crippen LogP contribution >= 0.6 is 32.8 Å². The molecule has 2 aromatic carbocycles. The summed E-state index contributed by atoms with van der Waals surface area (Å²) >= 11 is 1.68. The van der Waals surface area contributed by atoms with E-state index in [0.29, 0.717) is 0 Å². The van der Waals surface area contributed by atoms with Crippen molar-refractivity contribution in [2.75, 3.05) is 22.2 Å². The van der Waals surface area contributed by atoms with E-state index in [4.69, 9.17) is 0 Å². The maximum Gasteiger partial charge on any atom is 0.0815 e. The summed E-state index contributed by atoms with van der Waals surface area (Å²) in [7, 11) is 4.15. The minimum Gasteiger partial charge on any atom is -0.321 e. The maximum atomic E-state index is 4.58. The molecule has 0 aromatic heterocycles. The van der Waals surface area contributed by atoms with Crippen LogP contribution in [0.1, 0.15) is 0 Å². The van der Waals surface area contributed by atoms with E-state index in [0.717, 1.165) is 5.69 Å². The third-order valence-electron chi connectivity index (χ3n) is 3.08. The Morgan fingerprint density at radius 3 is 2.62 bits per heavy atom. The van der Waals surface area contributed by atoms with Crippen molar-refractivity contribution in [3.05, 3.63) is 54.6 Å². The highest BCUT2D eigenvalue weighted by molar-refractivity contribution is 14.2. The number of anilines is 2. The van der Waals surface area contributed by atoms with Gasteiger partial charge in [0.25, 0.3) is 0 Å². The van der Waals surface area contributed by atoms with Gasteiger partial charge in [-0.15, -0.1) is 0 Å². The van der Waals surface area contributed by atoms with E-state index in [-0.39, 0.29) is 21.0 Å². The fraction of sp³-hybridized carbons (Fsp3) is 0.125. The second-order valence-corrected chi connectivity index (χ2v) is 9.45. The molecule has 2 aromatic rings. The number of fused-ring (bicyclic) bond motifs is 1. The van der Waals surface area contributed by atoms with Gasteiger partial charge in [0.15, 0.2) is 0 Å². The van der Waals surface area contributed by atoms with Crippen molar-refractivity contribution < 1.29 is 0 Å². The third kappa shape index (κ3) is 3.47. The SMILES string of the molecule is CN(/N=C\C1=IN(C)c2ccccc2S1)c1ccccc1. The van der Waals surface area contributed by atoms with E-state index < -0.39 is 0 Å². The third-order valence-corrected chi connectivity index (χ3v) is 7.06. The summed E-state index contributed by atoms with van der Waals surface area (Å²) in [4.78, 5) is 1.31. The maximum absolute atomic E-state index is 4.58. The lowest BCUT2D eigenvalue weighted by molar-refractivity contribution is 1.03. The topological polar surface area (TPSA) is 18.8 Å². The first-order chi connectivity index (χ1) is 10.2. The lowest BCUT2D eigenvalue weighted by Crippen LogP contribution is -2.13. The smallest absolute Gasteiger partial charge is 0.0815 e. The number of para-hydroxylation sites is 2. The molecule has 3 nitrogen and oxygen atoms in total. The Morgan fingerprint density at radius 2 is 1.81 bits per heavy atom. The summed E-state index contributed by atoms with van der Waals surface area (Å²) < 4.78 is 3.73. The van der Waals surface area contributed by atoms with Crippen LogP contribution in [0.4, 0.5) is 11.4 Å². The predicted molar refractivity (Wildman–Crippen MR) is 103 cm³/mol. The molecule has 0 fully saturated rings. The highest BCUT2D eigenvalue weighted by atomic mass is 127. The predicted octanol–water partition coefficient (Wildman–Crippen LogP) is 4.37. The fourth-order valence-electron chi connectivity index (χ4n) is 1.98. The van der Waals surface area contributed by atoms with Gasteiger partial charge in [0, 0.05) is 40.0 Å². The highest BCUT2D eigenvalue weighted by Crippen LogP contribution is 2.39. The zero-order valence-corrected chi connectivity index (χ0v) is 14.9. The van der Waals surface area contributed by atoms with E-state index in [2.05, 4.69) is 51.7 Å². The molecule has 1 aliphatic rings. The highest BCUT2D eigenvalue weighted by Gasteiger charge is 2.14. The van der Waals surface area contributed by atoms with Gasteiger partial charge >= 0.3 is 0 Å². The van der Waals surface area contributed by atoms with Crippen LogP contribution in [0.2, 0.25) is 0 Å². The van der Waals surface area contributed by atoms with Crippen molar-refractivity contribution in [2.24, 2.45) is 5.10 Å². The van der Waals surface area contributed by atoms with Gasteiger partial charge in [0.2, 0.25) is 0 Å². The zero-order valence-electron chi connectivity index (χ0n) is 11.9. The summed E-state index contributed by atoms with van der Waals surface area (Å²) in [5.74, 6) is 0. The van der Waals surface area contributed by atoms with Crippen LogP contribution in [0.15, 0.2) is 64.6 Å². The van der Waals surface area contributed by atoms with Crippen LogP contribution in [-0.4, -0.2) is 23.2 Å². The monoisotopic (exact) mass is 409 g/mol. The van der Waals surface area contributed by atoms with Crippen molar-refractivity contribution in [1.82, 2.24) is 0 Å². The number of nitrogens with zero attached hydrogens (tertiary/aromatic N) is 3. The van der Waals surface area contributed by atoms with Crippen molar-refractivity contribution >= 4 is 53.2 Å². The molecular formula is C16H16IN3S. The van der Waals surface area contributed by atoms with Crippen molar-refractivity contribution in [3.8, 4) is 0 Å². The van der Waals surface area contributed by atoms with Gasteiger partial charge in [-0.1, -0.05) is 42.1 Å². The zero-order chi connectivity index (χ0) is 14.7. The van der Waals surface area contributed by atoms with Gasteiger partial charge in [-0.2, -0.15) is 5.10 Å². The van der Waals surface area contributed by atoms with Crippen LogP contribution in [0.5, 0.6) is 0 Å². The standard InChI is InChI=1S/C16H16IN3S/c1-19-14-10-6-7-11-15(14)21-16(17-19)12-18-20(2)13-8-4-3-5-9-13/h3-12H,1-2H3/b18-12-. The van der Waals surface area contributed by atoms with Crippen molar-refractivity contribution in [1.29, 1.82) is 0 Å². The second-order valence-electron chi connectivity index (χ2n) is 4.54. The van der Waals surface area contributed by atoms with Crippen LogP contribution in [0.3, 0.4) is 0 Å². The molecule has 5 heteroatoms. The Morgan fingerprint density at radius 1 is 1.10 bits per heavy atom. The Kier molecular flexibility index (Phi) is 4.60. The van der Waals surface area contributed by atoms with Crippen molar-refractivity contribution in [2.45, 2.75) is 4.90 Å². The molecule has 0 atom stereocenters. The molecule has 108 valence electrons. The first-order valence-electron chi connectivity index (χ1n) is 6.59. The van der Waals surface area contributed by atoms with E-state index in [1.165, 1.54) is 13.4 Å². The molecule has 1 aliphatic heterocycles. The van der Waals surface area contributed by atoms with Gasteiger partial charge < -0.3 is 3.11 Å². The average Bonchev–Trinajstić information content (AvgIpc) is 2.53. The van der Waals surface area contributed by atoms with Gasteiger partial charge in [0.05, 0.1) is 20.4 Å². The number of rotatable bonds is 3. The molecule has 0 aliphatic carbocycles. The molecule has 0 unspecified atom stereocenters. The van der Waals surface area contributed by atoms with Crippen molar-refractivity contribution in [3.63, 3.8) is 0 Å². The molecule has 3 rings (SSSR count). The fourth-order valence-corrected chi connectivity index (χ4v) is 6.29. The molecular weight excluding hydrogens is 393 g/mol. The molecule has 21 heavy (non-hydrogen) atoms. The molecule has 0 bridgehead atoms. The first kappa shape index (κ1) is 14.6. The van der Waals surface area contributed by atoms with Gasteiger partial charge in [-0.3, -0.25) is 5.01 Å². The number of hydrogen-bond donors (Lipinski definition) is 0. The second kappa shape index (κ2) is 6.62. The van der Waals surface area contributed by atoms with Crippen LogP contribution in [-0.2, 0) is 0 Å². The molecule has 1 heterocycles. The minimum absolute atomic E-state index is 0.168. The van der Waals surface area contributed by atoms with Gasteiger partial charge in [-0.05, 0) is 24.3 Å². The van der Waals surface area contributed by atoms with E-state index in [1.54, 1.807) is 0 Å². The van der Waals surface area contributed by atoms with Gasteiger partial charge in [0.1, 0.15) is 0 Å². The summed E-state index contributed by atoms with van der Waals surface area (Å²) in [5.41, 5.74) is 2.44. The van der Waals surface area contributed by atoms with Crippen LogP contribution in [0.25, 0.3) is 0 Å². The molecule has 0 amide bonds.